The lowest BCUT2D eigenvalue weighted by Gasteiger charge is -2.05. The minimum absolute atomic E-state index is 0.113. The Morgan fingerprint density at radius 2 is 1.11 bits per heavy atom. The summed E-state index contributed by atoms with van der Waals surface area (Å²) in [6, 6.07) is 11.2. The van der Waals surface area contributed by atoms with Gasteiger partial charge in [0.1, 0.15) is 11.5 Å². The Morgan fingerprint density at radius 1 is 0.722 bits per heavy atom. The summed E-state index contributed by atoms with van der Waals surface area (Å²) in [7, 11) is 3.18. The van der Waals surface area contributed by atoms with Gasteiger partial charge in [0.25, 0.3) is 0 Å². The SMILES string of the molecule is COc1ccc(Br)cc1/C=N/NC(=O)CCCCCCCCC(=O)N/N=C/c1cc(Br)ccc1OC. The molecule has 2 aromatic carbocycles. The first kappa shape index (κ1) is 29.5. The lowest BCUT2D eigenvalue weighted by molar-refractivity contribution is -0.122. The average molecular weight is 624 g/mol. The fourth-order valence-electron chi connectivity index (χ4n) is 3.35. The van der Waals surface area contributed by atoms with Crippen molar-refractivity contribution in [3.8, 4) is 11.5 Å². The molecule has 0 radical (unpaired) electrons. The summed E-state index contributed by atoms with van der Waals surface area (Å²) >= 11 is 6.81. The van der Waals surface area contributed by atoms with Crippen LogP contribution in [0.4, 0.5) is 0 Å². The number of unbranched alkanes of at least 4 members (excludes halogenated alkanes) is 5. The van der Waals surface area contributed by atoms with Crippen molar-refractivity contribution in [1.29, 1.82) is 0 Å². The molecule has 10 heteroatoms. The minimum atomic E-state index is -0.113. The van der Waals surface area contributed by atoms with E-state index in [0.717, 1.165) is 58.6 Å². The van der Waals surface area contributed by atoms with Gasteiger partial charge in [-0.05, 0) is 49.2 Å². The van der Waals surface area contributed by atoms with E-state index in [-0.39, 0.29) is 11.8 Å². The first-order chi connectivity index (χ1) is 17.4. The third-order valence-corrected chi connectivity index (χ3v) is 6.21. The maximum Gasteiger partial charge on any atom is 0.240 e. The zero-order chi connectivity index (χ0) is 26.2. The van der Waals surface area contributed by atoms with Gasteiger partial charge in [0.2, 0.25) is 11.8 Å². The maximum atomic E-state index is 12.0. The molecule has 0 saturated carbocycles. The predicted molar refractivity (Wildman–Crippen MR) is 150 cm³/mol. The van der Waals surface area contributed by atoms with Crippen molar-refractivity contribution in [2.75, 3.05) is 14.2 Å². The standard InChI is InChI=1S/C26H32Br2N4O4/c1-35-23-13-11-21(27)15-19(23)17-29-31-25(33)9-7-5-3-4-6-8-10-26(34)32-30-18-20-16-22(28)12-14-24(20)36-2/h11-18H,3-10H2,1-2H3,(H,31,33)(H,32,34)/b29-17+,30-18+. The normalized spacial score (nSPS) is 11.1. The van der Waals surface area contributed by atoms with Gasteiger partial charge in [-0.25, -0.2) is 10.9 Å². The van der Waals surface area contributed by atoms with Crippen LogP contribution < -0.4 is 20.3 Å². The Labute approximate surface area is 229 Å². The number of hydrogen-bond donors (Lipinski definition) is 2. The Bertz CT molecular complexity index is 977. The van der Waals surface area contributed by atoms with Gasteiger partial charge in [-0.3, -0.25) is 9.59 Å². The zero-order valence-corrected chi connectivity index (χ0v) is 23.7. The second-order valence-electron chi connectivity index (χ2n) is 7.98. The average Bonchev–Trinajstić information content (AvgIpc) is 2.86. The first-order valence-electron chi connectivity index (χ1n) is 11.7. The molecule has 194 valence electrons. The number of hydrogen-bond acceptors (Lipinski definition) is 6. The molecule has 0 unspecified atom stereocenters. The predicted octanol–water partition coefficient (Wildman–Crippen LogP) is 5.95. The van der Waals surface area contributed by atoms with Gasteiger partial charge in [-0.1, -0.05) is 57.5 Å². The fourth-order valence-corrected chi connectivity index (χ4v) is 4.11. The van der Waals surface area contributed by atoms with E-state index in [2.05, 4.69) is 52.9 Å². The summed E-state index contributed by atoms with van der Waals surface area (Å²) in [5.41, 5.74) is 6.66. The number of nitrogens with one attached hydrogen (secondary N) is 2. The van der Waals surface area contributed by atoms with Crippen LogP contribution in [0.15, 0.2) is 55.5 Å². The molecule has 0 aliphatic carbocycles. The highest BCUT2D eigenvalue weighted by molar-refractivity contribution is 9.10. The monoisotopic (exact) mass is 622 g/mol. The van der Waals surface area contributed by atoms with E-state index in [0.29, 0.717) is 24.3 Å². The molecule has 2 rings (SSSR count). The lowest BCUT2D eigenvalue weighted by Crippen LogP contribution is -2.17. The van der Waals surface area contributed by atoms with Gasteiger partial charge in [-0.15, -0.1) is 0 Å². The molecular weight excluding hydrogens is 592 g/mol. The summed E-state index contributed by atoms with van der Waals surface area (Å²) in [6.45, 7) is 0. The summed E-state index contributed by atoms with van der Waals surface area (Å²) in [5, 5.41) is 8.03. The Morgan fingerprint density at radius 3 is 1.50 bits per heavy atom. The fraction of sp³-hybridized carbons (Fsp3) is 0.385. The van der Waals surface area contributed by atoms with E-state index in [9.17, 15) is 9.59 Å². The molecule has 0 saturated heterocycles. The van der Waals surface area contributed by atoms with Crippen LogP contribution in [0, 0.1) is 0 Å². The van der Waals surface area contributed by atoms with E-state index >= 15 is 0 Å². The van der Waals surface area contributed by atoms with Crippen LogP contribution in [0.3, 0.4) is 0 Å². The molecule has 0 atom stereocenters. The third kappa shape index (κ3) is 11.3. The molecule has 2 aromatic rings. The first-order valence-corrected chi connectivity index (χ1v) is 13.3. The molecule has 0 spiro atoms. The Kier molecular flexibility index (Phi) is 13.8. The van der Waals surface area contributed by atoms with Crippen LogP contribution in [0.25, 0.3) is 0 Å². The van der Waals surface area contributed by atoms with Crippen molar-refractivity contribution in [2.45, 2.75) is 51.4 Å². The van der Waals surface area contributed by atoms with Gasteiger partial charge < -0.3 is 9.47 Å². The van der Waals surface area contributed by atoms with E-state index in [1.807, 2.05) is 36.4 Å². The molecule has 36 heavy (non-hydrogen) atoms. The van der Waals surface area contributed by atoms with Crippen LogP contribution in [0.1, 0.15) is 62.5 Å². The molecule has 2 N–H and O–H groups in total. The van der Waals surface area contributed by atoms with Crippen molar-refractivity contribution in [3.63, 3.8) is 0 Å². The summed E-state index contributed by atoms with van der Waals surface area (Å²) < 4.78 is 12.4. The zero-order valence-electron chi connectivity index (χ0n) is 20.6. The van der Waals surface area contributed by atoms with E-state index in [4.69, 9.17) is 9.47 Å². The number of carbonyl (C=O) groups is 2. The van der Waals surface area contributed by atoms with Gasteiger partial charge >= 0.3 is 0 Å². The largest absolute Gasteiger partial charge is 0.496 e. The Balaban J connectivity index is 1.52. The Hall–Kier alpha value is -2.72. The molecule has 0 aliphatic rings. The van der Waals surface area contributed by atoms with Crippen LogP contribution in [-0.2, 0) is 9.59 Å². The van der Waals surface area contributed by atoms with Gasteiger partial charge in [0.15, 0.2) is 0 Å². The quantitative estimate of drug-likeness (QED) is 0.145. The number of methoxy groups -OCH3 is 2. The molecule has 0 heterocycles. The highest BCUT2D eigenvalue weighted by Crippen LogP contribution is 2.22. The van der Waals surface area contributed by atoms with Gasteiger partial charge in [0, 0.05) is 32.9 Å². The van der Waals surface area contributed by atoms with Gasteiger partial charge in [0.05, 0.1) is 26.6 Å². The summed E-state index contributed by atoms with van der Waals surface area (Å²) in [6.07, 6.45) is 9.56. The van der Waals surface area contributed by atoms with Crippen molar-refractivity contribution in [1.82, 2.24) is 10.9 Å². The van der Waals surface area contributed by atoms with Crippen LogP contribution in [0.5, 0.6) is 11.5 Å². The van der Waals surface area contributed by atoms with Crippen LogP contribution >= 0.6 is 31.9 Å². The highest BCUT2D eigenvalue weighted by atomic mass is 79.9. The van der Waals surface area contributed by atoms with Crippen molar-refractivity contribution < 1.29 is 19.1 Å². The van der Waals surface area contributed by atoms with Crippen LogP contribution in [-0.4, -0.2) is 38.5 Å². The van der Waals surface area contributed by atoms with E-state index in [1.165, 1.54) is 0 Å². The number of carbonyl (C=O) groups excluding carboxylic acids is 2. The van der Waals surface area contributed by atoms with E-state index < -0.39 is 0 Å². The summed E-state index contributed by atoms with van der Waals surface area (Å²) in [4.78, 5) is 23.9. The number of benzene rings is 2. The number of halogens is 2. The number of ether oxygens (including phenoxy) is 2. The lowest BCUT2D eigenvalue weighted by atomic mass is 10.1. The van der Waals surface area contributed by atoms with Gasteiger partial charge in [-0.2, -0.15) is 10.2 Å². The highest BCUT2D eigenvalue weighted by Gasteiger charge is 2.04. The number of rotatable bonds is 15. The van der Waals surface area contributed by atoms with Crippen molar-refractivity contribution in [3.05, 3.63) is 56.5 Å². The molecular formula is C26H32Br2N4O4. The van der Waals surface area contributed by atoms with E-state index in [1.54, 1.807) is 26.6 Å². The topological polar surface area (TPSA) is 101 Å². The second-order valence-corrected chi connectivity index (χ2v) is 9.81. The molecule has 0 aromatic heterocycles. The number of amides is 2. The smallest absolute Gasteiger partial charge is 0.240 e. The number of nitrogens with zero attached hydrogens (tertiary/aromatic N) is 2. The minimum Gasteiger partial charge on any atom is -0.496 e. The molecule has 0 bridgehead atoms. The molecule has 2 amide bonds. The summed E-state index contributed by atoms with van der Waals surface area (Å²) in [5.74, 6) is 1.14. The van der Waals surface area contributed by atoms with Crippen molar-refractivity contribution in [2.24, 2.45) is 10.2 Å². The van der Waals surface area contributed by atoms with Crippen molar-refractivity contribution >= 4 is 56.1 Å². The molecule has 0 fully saturated rings. The molecule has 8 nitrogen and oxygen atoms in total. The maximum absolute atomic E-state index is 12.0. The third-order valence-electron chi connectivity index (χ3n) is 5.23. The van der Waals surface area contributed by atoms with Crippen LogP contribution in [0.2, 0.25) is 0 Å². The molecule has 0 aliphatic heterocycles. The number of hydrazone groups is 2. The second kappa shape index (κ2) is 16.9.